The third kappa shape index (κ3) is 4.19. The number of rotatable bonds is 5. The zero-order valence-electron chi connectivity index (χ0n) is 17.0. The smallest absolute Gasteiger partial charge is 0.243 e. The fourth-order valence-electron chi connectivity index (χ4n) is 3.59. The van der Waals surface area contributed by atoms with Crippen LogP contribution in [-0.2, 0) is 14.8 Å². The number of hydrogen-bond donors (Lipinski definition) is 0. The summed E-state index contributed by atoms with van der Waals surface area (Å²) in [6.07, 6.45) is 0. The minimum atomic E-state index is -3.75. The molecule has 1 amide bonds. The van der Waals surface area contributed by atoms with Crippen molar-refractivity contribution in [3.05, 3.63) is 53.5 Å². The number of thiazole rings is 1. The number of sulfonamides is 1. The Balaban J connectivity index is 1.40. The van der Waals surface area contributed by atoms with E-state index in [-0.39, 0.29) is 17.3 Å². The van der Waals surface area contributed by atoms with E-state index in [1.165, 1.54) is 18.4 Å². The van der Waals surface area contributed by atoms with E-state index < -0.39 is 10.0 Å². The van der Waals surface area contributed by atoms with Gasteiger partial charge >= 0.3 is 0 Å². The van der Waals surface area contributed by atoms with Gasteiger partial charge in [0.15, 0.2) is 0 Å². The molecular formula is C21H24N4O3S2. The first kappa shape index (κ1) is 20.8. The van der Waals surface area contributed by atoms with Crippen LogP contribution in [0.1, 0.15) is 5.01 Å². The van der Waals surface area contributed by atoms with E-state index in [2.05, 4.69) is 22.0 Å². The molecule has 4 rings (SSSR count). The molecule has 9 heteroatoms. The van der Waals surface area contributed by atoms with Crippen molar-refractivity contribution in [3.8, 4) is 0 Å². The number of aryl methyl sites for hydroxylation is 1. The minimum absolute atomic E-state index is 0.173. The maximum atomic E-state index is 13.0. The van der Waals surface area contributed by atoms with Crippen LogP contribution in [0.2, 0.25) is 0 Å². The highest BCUT2D eigenvalue weighted by Gasteiger charge is 2.27. The fraction of sp³-hybridized carbons (Fsp3) is 0.333. The Morgan fingerprint density at radius 3 is 2.50 bits per heavy atom. The van der Waals surface area contributed by atoms with Crippen molar-refractivity contribution in [2.75, 3.05) is 44.7 Å². The second kappa shape index (κ2) is 8.33. The summed E-state index contributed by atoms with van der Waals surface area (Å²) in [5.41, 5.74) is 1.92. The van der Waals surface area contributed by atoms with Gasteiger partial charge in [-0.05, 0) is 37.3 Å². The zero-order valence-corrected chi connectivity index (χ0v) is 18.6. The van der Waals surface area contributed by atoms with Crippen LogP contribution in [0.3, 0.4) is 0 Å². The molecule has 0 spiro atoms. The molecule has 0 N–H and O–H groups in total. The van der Waals surface area contributed by atoms with E-state index in [4.69, 9.17) is 0 Å². The highest BCUT2D eigenvalue weighted by molar-refractivity contribution is 7.89. The number of likely N-dealkylation sites (N-methyl/N-ethyl adjacent to an activating group) is 1. The maximum absolute atomic E-state index is 13.0. The molecule has 0 unspecified atom stereocenters. The van der Waals surface area contributed by atoms with Gasteiger partial charge in [0.1, 0.15) is 0 Å². The van der Waals surface area contributed by atoms with Crippen LogP contribution in [-0.4, -0.2) is 68.3 Å². The third-order valence-electron chi connectivity index (χ3n) is 5.29. The average molecular weight is 445 g/mol. The van der Waals surface area contributed by atoms with Gasteiger partial charge in [0.2, 0.25) is 15.9 Å². The van der Waals surface area contributed by atoms with Crippen molar-refractivity contribution in [2.45, 2.75) is 11.8 Å². The van der Waals surface area contributed by atoms with Crippen LogP contribution in [0.25, 0.3) is 10.2 Å². The number of para-hydroxylation sites is 1. The number of aromatic nitrogens is 1. The van der Waals surface area contributed by atoms with Gasteiger partial charge < -0.3 is 9.80 Å². The second-order valence-corrected chi connectivity index (χ2v) is 10.6. The molecule has 7 nitrogen and oxygen atoms in total. The van der Waals surface area contributed by atoms with Crippen LogP contribution in [0, 0.1) is 6.92 Å². The molecular weight excluding hydrogens is 420 g/mol. The Kier molecular flexibility index (Phi) is 5.77. The predicted molar refractivity (Wildman–Crippen MR) is 119 cm³/mol. The summed E-state index contributed by atoms with van der Waals surface area (Å²) in [7, 11) is -2.30. The van der Waals surface area contributed by atoms with Crippen LogP contribution in [0.4, 0.5) is 5.69 Å². The van der Waals surface area contributed by atoms with Gasteiger partial charge in [-0.3, -0.25) is 4.79 Å². The molecule has 2 aromatic carbocycles. The van der Waals surface area contributed by atoms with E-state index in [1.54, 1.807) is 23.1 Å². The molecule has 1 aliphatic heterocycles. The van der Waals surface area contributed by atoms with E-state index in [9.17, 15) is 13.2 Å². The number of benzene rings is 2. The van der Waals surface area contributed by atoms with Crippen molar-refractivity contribution < 1.29 is 13.2 Å². The zero-order chi connectivity index (χ0) is 21.3. The van der Waals surface area contributed by atoms with Gasteiger partial charge in [-0.1, -0.05) is 18.2 Å². The van der Waals surface area contributed by atoms with Gasteiger partial charge in [0, 0.05) is 38.9 Å². The Bertz CT molecular complexity index is 1150. The minimum Gasteiger partial charge on any atom is -0.368 e. The number of nitrogens with zero attached hydrogens (tertiary/aromatic N) is 4. The predicted octanol–water partition coefficient (Wildman–Crippen LogP) is 2.57. The highest BCUT2D eigenvalue weighted by Crippen LogP contribution is 2.26. The van der Waals surface area contributed by atoms with E-state index in [0.717, 1.165) is 38.3 Å². The van der Waals surface area contributed by atoms with Crippen molar-refractivity contribution in [2.24, 2.45) is 0 Å². The summed E-state index contributed by atoms with van der Waals surface area (Å²) >= 11 is 1.46. The molecule has 1 aliphatic rings. The van der Waals surface area contributed by atoms with Crippen LogP contribution in [0.15, 0.2) is 53.4 Å². The Morgan fingerprint density at radius 1 is 1.10 bits per heavy atom. The SMILES string of the molecule is Cc1nc2ccc(S(=O)(=O)N(C)CC(=O)N3CCN(c4ccccc4)CC3)cc2s1. The average Bonchev–Trinajstić information content (AvgIpc) is 3.13. The summed E-state index contributed by atoms with van der Waals surface area (Å²) in [6.45, 7) is 4.33. The largest absolute Gasteiger partial charge is 0.368 e. The fourth-order valence-corrected chi connectivity index (χ4v) is 5.68. The van der Waals surface area contributed by atoms with Crippen LogP contribution >= 0.6 is 11.3 Å². The van der Waals surface area contributed by atoms with Gasteiger partial charge in [0.05, 0.1) is 26.7 Å². The molecule has 158 valence electrons. The Labute approximate surface area is 180 Å². The first-order valence-electron chi connectivity index (χ1n) is 9.76. The van der Waals surface area contributed by atoms with E-state index >= 15 is 0 Å². The van der Waals surface area contributed by atoms with Crippen molar-refractivity contribution in [1.82, 2.24) is 14.2 Å². The molecule has 1 aromatic heterocycles. The molecule has 0 radical (unpaired) electrons. The topological polar surface area (TPSA) is 73.8 Å². The summed E-state index contributed by atoms with van der Waals surface area (Å²) < 4.78 is 27.9. The maximum Gasteiger partial charge on any atom is 0.243 e. The number of amides is 1. The molecule has 0 atom stereocenters. The summed E-state index contributed by atoms with van der Waals surface area (Å²) in [5, 5.41) is 0.887. The number of anilines is 1. The molecule has 30 heavy (non-hydrogen) atoms. The third-order valence-corrected chi connectivity index (χ3v) is 8.02. The first-order chi connectivity index (χ1) is 14.3. The Morgan fingerprint density at radius 2 is 1.80 bits per heavy atom. The molecule has 3 aromatic rings. The van der Waals surface area contributed by atoms with Crippen molar-refractivity contribution in [1.29, 1.82) is 0 Å². The summed E-state index contributed by atoms with van der Waals surface area (Å²) in [4.78, 5) is 21.3. The molecule has 0 saturated carbocycles. The molecule has 2 heterocycles. The van der Waals surface area contributed by atoms with Crippen LogP contribution < -0.4 is 4.90 Å². The summed E-state index contributed by atoms with van der Waals surface area (Å²) in [6, 6.07) is 15.0. The van der Waals surface area contributed by atoms with Gasteiger partial charge in [-0.15, -0.1) is 11.3 Å². The number of hydrogen-bond acceptors (Lipinski definition) is 6. The van der Waals surface area contributed by atoms with Gasteiger partial charge in [-0.25, -0.2) is 13.4 Å². The lowest BCUT2D eigenvalue weighted by Crippen LogP contribution is -2.51. The van der Waals surface area contributed by atoms with E-state index in [0.29, 0.717) is 13.1 Å². The molecule has 0 bridgehead atoms. The molecule has 1 fully saturated rings. The highest BCUT2D eigenvalue weighted by atomic mass is 32.2. The number of carbonyl (C=O) groups excluding carboxylic acids is 1. The number of piperazine rings is 1. The standard InChI is InChI=1S/C21H24N4O3S2/c1-16-22-19-9-8-18(14-20(19)29-16)30(27,28)23(2)15-21(26)25-12-10-24(11-13-25)17-6-4-3-5-7-17/h3-9,14H,10-13,15H2,1-2H3. The lowest BCUT2D eigenvalue weighted by atomic mass is 10.2. The van der Waals surface area contributed by atoms with Crippen LogP contribution in [0.5, 0.6) is 0 Å². The monoisotopic (exact) mass is 444 g/mol. The first-order valence-corrected chi connectivity index (χ1v) is 12.0. The van der Waals surface area contributed by atoms with Gasteiger partial charge in [0.25, 0.3) is 0 Å². The quantitative estimate of drug-likeness (QED) is 0.605. The van der Waals surface area contributed by atoms with Crippen molar-refractivity contribution in [3.63, 3.8) is 0 Å². The Hall–Kier alpha value is -2.49. The summed E-state index contributed by atoms with van der Waals surface area (Å²) in [5.74, 6) is -0.177. The number of fused-ring (bicyclic) bond motifs is 1. The van der Waals surface area contributed by atoms with Gasteiger partial charge in [-0.2, -0.15) is 4.31 Å². The molecule has 1 saturated heterocycles. The lowest BCUT2D eigenvalue weighted by Gasteiger charge is -2.36. The normalized spacial score (nSPS) is 15.2. The lowest BCUT2D eigenvalue weighted by molar-refractivity contribution is -0.131. The van der Waals surface area contributed by atoms with Crippen molar-refractivity contribution >= 4 is 43.2 Å². The van der Waals surface area contributed by atoms with E-state index in [1.807, 2.05) is 25.1 Å². The molecule has 0 aliphatic carbocycles. The number of carbonyl (C=O) groups is 1. The second-order valence-electron chi connectivity index (χ2n) is 7.33.